The number of rotatable bonds is 3. The van der Waals surface area contributed by atoms with E-state index in [9.17, 15) is 17.6 Å². The normalized spacial score (nSPS) is 21.3. The molecule has 0 saturated carbocycles. The van der Waals surface area contributed by atoms with Gasteiger partial charge in [-0.2, -0.15) is 0 Å². The molecule has 132 valence electrons. The van der Waals surface area contributed by atoms with E-state index >= 15 is 0 Å². The number of ether oxygens (including phenoxy) is 1. The molecule has 2 saturated heterocycles. The fourth-order valence-corrected chi connectivity index (χ4v) is 4.92. The second-order valence-corrected chi connectivity index (χ2v) is 9.13. The van der Waals surface area contributed by atoms with Crippen LogP contribution in [-0.2, 0) is 20.5 Å². The molecule has 0 unspecified atom stereocenters. The van der Waals surface area contributed by atoms with Crippen molar-refractivity contribution in [1.29, 1.82) is 0 Å². The highest BCUT2D eigenvalue weighted by Crippen LogP contribution is 2.33. The number of hydrogen-bond donors (Lipinski definition) is 0. The minimum Gasteiger partial charge on any atom is -0.441 e. The summed E-state index contributed by atoms with van der Waals surface area (Å²) in [4.78, 5) is 13.1. The van der Waals surface area contributed by atoms with Gasteiger partial charge in [0, 0.05) is 33.0 Å². The van der Waals surface area contributed by atoms with Crippen LogP contribution in [0.25, 0.3) is 0 Å². The molecule has 3 rings (SSSR count). The molecule has 1 aromatic rings. The molecule has 1 amide bonds. The van der Waals surface area contributed by atoms with Crippen molar-refractivity contribution < 1.29 is 22.3 Å². The van der Waals surface area contributed by atoms with Gasteiger partial charge < -0.3 is 9.64 Å². The van der Waals surface area contributed by atoms with Gasteiger partial charge in [0.05, 0.1) is 16.8 Å². The second kappa shape index (κ2) is 6.27. The van der Waals surface area contributed by atoms with Crippen molar-refractivity contribution in [3.8, 4) is 0 Å². The Hall–Kier alpha value is -1.19. The van der Waals surface area contributed by atoms with Crippen molar-refractivity contribution >= 4 is 32.0 Å². The van der Waals surface area contributed by atoms with Crippen LogP contribution in [0.15, 0.2) is 22.7 Å². The summed E-state index contributed by atoms with van der Waals surface area (Å²) in [7, 11) is -1.87. The molecule has 1 spiro atoms. The summed E-state index contributed by atoms with van der Waals surface area (Å²) in [5.41, 5.74) is -0.176. The van der Waals surface area contributed by atoms with Crippen LogP contribution in [0.2, 0.25) is 0 Å². The lowest BCUT2D eigenvalue weighted by atomic mass is 9.92. The SMILES string of the molecule is CN1CC2(CCN(S(=O)(=O)Cc3ccc(Br)c(F)c3)CC2)OC1=O. The highest BCUT2D eigenvalue weighted by Gasteiger charge is 2.47. The van der Waals surface area contributed by atoms with Crippen molar-refractivity contribution in [2.24, 2.45) is 0 Å². The number of likely N-dealkylation sites (N-methyl/N-ethyl adjacent to an activating group) is 1. The maximum absolute atomic E-state index is 13.6. The standard InChI is InChI=1S/C15H18BrFN2O4S/c1-18-10-15(23-14(18)20)4-6-19(7-5-15)24(21,22)9-11-2-3-12(16)13(17)8-11/h2-3,8H,4-7,9-10H2,1H3. The third-order valence-corrected chi connectivity index (χ3v) is 6.99. The smallest absolute Gasteiger partial charge is 0.410 e. The Morgan fingerprint density at radius 1 is 1.33 bits per heavy atom. The minimum absolute atomic E-state index is 0.246. The zero-order valence-corrected chi connectivity index (χ0v) is 15.6. The fourth-order valence-electron chi connectivity index (χ4n) is 3.16. The third-order valence-electron chi connectivity index (χ3n) is 4.50. The van der Waals surface area contributed by atoms with Crippen molar-refractivity contribution in [1.82, 2.24) is 9.21 Å². The molecule has 0 bridgehead atoms. The van der Waals surface area contributed by atoms with Gasteiger partial charge in [-0.15, -0.1) is 0 Å². The Bertz CT molecular complexity index is 763. The van der Waals surface area contributed by atoms with Crippen molar-refractivity contribution in [3.05, 3.63) is 34.1 Å². The molecule has 0 N–H and O–H groups in total. The molecule has 2 aliphatic rings. The van der Waals surface area contributed by atoms with E-state index in [-0.39, 0.29) is 11.8 Å². The fraction of sp³-hybridized carbons (Fsp3) is 0.533. The molecule has 6 nitrogen and oxygen atoms in total. The van der Waals surface area contributed by atoms with Gasteiger partial charge in [-0.3, -0.25) is 0 Å². The van der Waals surface area contributed by atoms with E-state index in [1.807, 2.05) is 0 Å². The third kappa shape index (κ3) is 3.43. The molecule has 0 radical (unpaired) electrons. The van der Waals surface area contributed by atoms with Crippen LogP contribution in [0.4, 0.5) is 9.18 Å². The lowest BCUT2D eigenvalue weighted by Gasteiger charge is -2.36. The summed E-state index contributed by atoms with van der Waals surface area (Å²) in [5.74, 6) is -0.731. The van der Waals surface area contributed by atoms with Gasteiger partial charge in [0.25, 0.3) is 0 Å². The molecular weight excluding hydrogens is 403 g/mol. The van der Waals surface area contributed by atoms with E-state index in [1.165, 1.54) is 21.3 Å². The van der Waals surface area contributed by atoms with Gasteiger partial charge in [0.15, 0.2) is 0 Å². The molecular formula is C15H18BrFN2O4S. The number of nitrogens with zero attached hydrogens (tertiary/aromatic N) is 2. The maximum Gasteiger partial charge on any atom is 0.410 e. The average Bonchev–Trinajstić information content (AvgIpc) is 2.77. The number of piperidine rings is 1. The van der Waals surface area contributed by atoms with Crippen molar-refractivity contribution in [2.75, 3.05) is 26.7 Å². The molecule has 2 fully saturated rings. The first kappa shape index (κ1) is 17.6. The molecule has 0 aromatic heterocycles. The van der Waals surface area contributed by atoms with Gasteiger partial charge in [0.1, 0.15) is 11.4 Å². The Kier molecular flexibility index (Phi) is 4.61. The molecule has 2 heterocycles. The van der Waals surface area contributed by atoms with Crippen molar-refractivity contribution in [3.63, 3.8) is 0 Å². The van der Waals surface area contributed by atoms with Gasteiger partial charge in [-0.25, -0.2) is 21.9 Å². The first-order valence-electron chi connectivity index (χ1n) is 7.57. The van der Waals surface area contributed by atoms with Gasteiger partial charge in [-0.1, -0.05) is 6.07 Å². The Morgan fingerprint density at radius 2 is 2.00 bits per heavy atom. The van der Waals surface area contributed by atoms with E-state index in [0.29, 0.717) is 42.5 Å². The minimum atomic E-state index is -3.54. The lowest BCUT2D eigenvalue weighted by molar-refractivity contribution is 0.0172. The number of sulfonamides is 1. The van der Waals surface area contributed by atoms with E-state index in [4.69, 9.17) is 4.74 Å². The quantitative estimate of drug-likeness (QED) is 0.752. The van der Waals surface area contributed by atoms with Gasteiger partial charge in [-0.05, 0) is 33.6 Å². The first-order valence-corrected chi connectivity index (χ1v) is 9.97. The van der Waals surface area contributed by atoms with Crippen LogP contribution in [0.1, 0.15) is 18.4 Å². The number of hydrogen-bond acceptors (Lipinski definition) is 4. The summed E-state index contributed by atoms with van der Waals surface area (Å²) in [6.45, 7) is 1.07. The molecule has 2 aliphatic heterocycles. The first-order chi connectivity index (χ1) is 11.2. The predicted molar refractivity (Wildman–Crippen MR) is 89.4 cm³/mol. The van der Waals surface area contributed by atoms with Crippen LogP contribution in [0.3, 0.4) is 0 Å². The molecule has 1 aromatic carbocycles. The number of halogens is 2. The summed E-state index contributed by atoms with van der Waals surface area (Å²) in [6, 6.07) is 4.31. The van der Waals surface area contributed by atoms with E-state index in [2.05, 4.69) is 15.9 Å². The predicted octanol–water partition coefficient (Wildman–Crippen LogP) is 2.33. The Balaban J connectivity index is 1.66. The van der Waals surface area contributed by atoms with Crippen LogP contribution >= 0.6 is 15.9 Å². The number of benzene rings is 1. The van der Waals surface area contributed by atoms with Gasteiger partial charge >= 0.3 is 6.09 Å². The summed E-state index contributed by atoms with van der Waals surface area (Å²) < 4.78 is 45.8. The largest absolute Gasteiger partial charge is 0.441 e. The Morgan fingerprint density at radius 3 is 2.54 bits per heavy atom. The monoisotopic (exact) mass is 420 g/mol. The van der Waals surface area contributed by atoms with Crippen LogP contribution in [0.5, 0.6) is 0 Å². The topological polar surface area (TPSA) is 66.9 Å². The second-order valence-electron chi connectivity index (χ2n) is 6.31. The summed E-state index contributed by atoms with van der Waals surface area (Å²) in [5, 5.41) is 0. The average molecular weight is 421 g/mol. The molecule has 0 aliphatic carbocycles. The van der Waals surface area contributed by atoms with E-state index in [1.54, 1.807) is 13.1 Å². The highest BCUT2D eigenvalue weighted by molar-refractivity contribution is 9.10. The molecule has 0 atom stereocenters. The number of carbonyl (C=O) groups excluding carboxylic acids is 1. The Labute approximate surface area is 148 Å². The summed E-state index contributed by atoms with van der Waals surface area (Å²) >= 11 is 3.05. The van der Waals surface area contributed by atoms with Crippen LogP contribution in [-0.4, -0.2) is 56.0 Å². The highest BCUT2D eigenvalue weighted by atomic mass is 79.9. The van der Waals surface area contributed by atoms with Crippen molar-refractivity contribution in [2.45, 2.75) is 24.2 Å². The maximum atomic E-state index is 13.6. The number of carbonyl (C=O) groups is 1. The lowest BCUT2D eigenvalue weighted by Crippen LogP contribution is -2.48. The van der Waals surface area contributed by atoms with E-state index in [0.717, 1.165) is 0 Å². The molecule has 9 heteroatoms. The van der Waals surface area contributed by atoms with Crippen LogP contribution < -0.4 is 0 Å². The van der Waals surface area contributed by atoms with E-state index < -0.39 is 21.4 Å². The molecule has 24 heavy (non-hydrogen) atoms. The zero-order chi connectivity index (χ0) is 17.5. The summed E-state index contributed by atoms with van der Waals surface area (Å²) in [6.07, 6.45) is 0.574. The van der Waals surface area contributed by atoms with Gasteiger partial charge in [0.2, 0.25) is 10.0 Å². The number of amides is 1. The van der Waals surface area contributed by atoms with Crippen LogP contribution in [0, 0.1) is 5.82 Å². The zero-order valence-electron chi connectivity index (χ0n) is 13.2.